The lowest BCUT2D eigenvalue weighted by Crippen LogP contribution is -2.13. The Morgan fingerprint density at radius 2 is 0.893 bits per heavy atom. The van der Waals surface area contributed by atoms with Crippen LogP contribution in [0.4, 0.5) is 0 Å². The monoisotopic (exact) mass is 370 g/mol. The van der Waals surface area contributed by atoms with E-state index in [1.807, 2.05) is 84.9 Å². The number of hydrogen-bond donors (Lipinski definition) is 2. The van der Waals surface area contributed by atoms with Crippen LogP contribution >= 0.6 is 0 Å². The highest BCUT2D eigenvalue weighted by atomic mass is 16.1. The second kappa shape index (κ2) is 8.82. The van der Waals surface area contributed by atoms with Crippen LogP contribution in [0.2, 0.25) is 0 Å². The minimum Gasteiger partial charge on any atom is -0.369 e. The van der Waals surface area contributed by atoms with E-state index < -0.39 is 0 Å². The summed E-state index contributed by atoms with van der Waals surface area (Å²) in [6.07, 6.45) is 0.614. The SMILES string of the molecule is NC(=O)Cc1cccc2ccccc12.NC(=O)Cc1cccc2ccccc12. The quantitative estimate of drug-likeness (QED) is 0.573. The van der Waals surface area contributed by atoms with Gasteiger partial charge in [0.2, 0.25) is 11.8 Å². The van der Waals surface area contributed by atoms with Gasteiger partial charge in [-0.05, 0) is 32.7 Å². The van der Waals surface area contributed by atoms with Gasteiger partial charge < -0.3 is 11.5 Å². The summed E-state index contributed by atoms with van der Waals surface area (Å²) in [4.78, 5) is 21.7. The van der Waals surface area contributed by atoms with E-state index in [0.29, 0.717) is 12.8 Å². The van der Waals surface area contributed by atoms with Gasteiger partial charge in [-0.2, -0.15) is 0 Å². The van der Waals surface area contributed by atoms with Crippen LogP contribution < -0.4 is 11.5 Å². The normalized spacial score (nSPS) is 10.3. The van der Waals surface area contributed by atoms with Gasteiger partial charge in [-0.3, -0.25) is 9.59 Å². The molecule has 0 atom stereocenters. The van der Waals surface area contributed by atoms with E-state index in [1.165, 1.54) is 0 Å². The van der Waals surface area contributed by atoms with Crippen LogP contribution in [0.15, 0.2) is 84.9 Å². The maximum Gasteiger partial charge on any atom is 0.221 e. The van der Waals surface area contributed by atoms with Crippen molar-refractivity contribution in [2.75, 3.05) is 0 Å². The molecule has 4 nitrogen and oxygen atoms in total. The molecule has 0 radical (unpaired) electrons. The van der Waals surface area contributed by atoms with Gasteiger partial charge in [-0.15, -0.1) is 0 Å². The standard InChI is InChI=1S/2C12H11NO/c2*13-12(14)8-10-6-3-5-9-4-1-2-7-11(9)10/h2*1-7H,8H2,(H2,13,14). The summed E-state index contributed by atoms with van der Waals surface area (Å²) >= 11 is 0. The molecular formula is C24H22N2O2. The number of hydrogen-bond acceptors (Lipinski definition) is 2. The van der Waals surface area contributed by atoms with Gasteiger partial charge in [0.15, 0.2) is 0 Å². The van der Waals surface area contributed by atoms with E-state index >= 15 is 0 Å². The lowest BCUT2D eigenvalue weighted by atomic mass is 10.0. The van der Waals surface area contributed by atoms with Gasteiger partial charge in [-0.25, -0.2) is 0 Å². The maximum atomic E-state index is 10.8. The van der Waals surface area contributed by atoms with Crippen LogP contribution in [-0.2, 0) is 22.4 Å². The molecule has 0 aliphatic heterocycles. The van der Waals surface area contributed by atoms with Crippen LogP contribution in [0.1, 0.15) is 11.1 Å². The van der Waals surface area contributed by atoms with Crippen molar-refractivity contribution in [1.82, 2.24) is 0 Å². The van der Waals surface area contributed by atoms with E-state index in [4.69, 9.17) is 11.5 Å². The number of carbonyl (C=O) groups is 2. The lowest BCUT2D eigenvalue weighted by Gasteiger charge is -2.03. The fourth-order valence-electron chi connectivity index (χ4n) is 3.27. The summed E-state index contributed by atoms with van der Waals surface area (Å²) in [5.41, 5.74) is 12.3. The third kappa shape index (κ3) is 4.74. The Hall–Kier alpha value is -3.66. The average molecular weight is 370 g/mol. The molecule has 0 fully saturated rings. The predicted octanol–water partition coefficient (Wildman–Crippen LogP) is 3.74. The second-order valence-electron chi connectivity index (χ2n) is 6.56. The lowest BCUT2D eigenvalue weighted by molar-refractivity contribution is -0.118. The Bertz CT molecular complexity index is 1030. The highest BCUT2D eigenvalue weighted by molar-refractivity contribution is 5.90. The van der Waals surface area contributed by atoms with Crippen molar-refractivity contribution in [1.29, 1.82) is 0 Å². The summed E-state index contributed by atoms with van der Waals surface area (Å²) < 4.78 is 0. The van der Waals surface area contributed by atoms with Crippen molar-refractivity contribution in [2.45, 2.75) is 12.8 Å². The zero-order valence-electron chi connectivity index (χ0n) is 15.5. The molecule has 0 bridgehead atoms. The van der Waals surface area contributed by atoms with E-state index in [0.717, 1.165) is 32.7 Å². The molecule has 4 heteroatoms. The Kier molecular flexibility index (Phi) is 6.02. The molecule has 4 aromatic carbocycles. The largest absolute Gasteiger partial charge is 0.369 e. The van der Waals surface area contributed by atoms with E-state index in [1.54, 1.807) is 0 Å². The fourth-order valence-corrected chi connectivity index (χ4v) is 3.27. The first-order valence-corrected chi connectivity index (χ1v) is 9.04. The molecule has 0 heterocycles. The smallest absolute Gasteiger partial charge is 0.221 e. The van der Waals surface area contributed by atoms with Gasteiger partial charge in [0.1, 0.15) is 0 Å². The molecule has 4 N–H and O–H groups in total. The van der Waals surface area contributed by atoms with Crippen molar-refractivity contribution in [3.05, 3.63) is 96.1 Å². The van der Waals surface area contributed by atoms with Gasteiger partial charge in [0.25, 0.3) is 0 Å². The fraction of sp³-hybridized carbons (Fsp3) is 0.0833. The van der Waals surface area contributed by atoms with Crippen molar-refractivity contribution in [3.8, 4) is 0 Å². The zero-order valence-corrected chi connectivity index (χ0v) is 15.5. The molecule has 0 saturated carbocycles. The number of fused-ring (bicyclic) bond motifs is 2. The van der Waals surface area contributed by atoms with Gasteiger partial charge >= 0.3 is 0 Å². The van der Waals surface area contributed by atoms with Crippen LogP contribution in [0, 0.1) is 0 Å². The topological polar surface area (TPSA) is 86.2 Å². The Morgan fingerprint density at radius 3 is 1.29 bits per heavy atom. The minimum atomic E-state index is -0.290. The molecule has 4 aromatic rings. The average Bonchev–Trinajstić information content (AvgIpc) is 2.68. The molecule has 0 aliphatic carbocycles. The highest BCUT2D eigenvalue weighted by Gasteiger charge is 2.03. The van der Waals surface area contributed by atoms with Crippen LogP contribution in [0.5, 0.6) is 0 Å². The van der Waals surface area contributed by atoms with E-state index in [9.17, 15) is 9.59 Å². The molecule has 0 saturated heterocycles. The molecule has 28 heavy (non-hydrogen) atoms. The number of amides is 2. The maximum absolute atomic E-state index is 10.8. The summed E-state index contributed by atoms with van der Waals surface area (Å²) in [5, 5.41) is 4.50. The predicted molar refractivity (Wildman–Crippen MR) is 114 cm³/mol. The molecule has 0 aliphatic rings. The summed E-state index contributed by atoms with van der Waals surface area (Å²) in [5.74, 6) is -0.581. The van der Waals surface area contributed by atoms with E-state index in [2.05, 4.69) is 0 Å². The number of primary amides is 2. The van der Waals surface area contributed by atoms with Crippen molar-refractivity contribution >= 4 is 33.4 Å². The molecule has 140 valence electrons. The van der Waals surface area contributed by atoms with Crippen molar-refractivity contribution in [3.63, 3.8) is 0 Å². The summed E-state index contributed by atoms with van der Waals surface area (Å²) in [6.45, 7) is 0. The van der Waals surface area contributed by atoms with Crippen LogP contribution in [0.3, 0.4) is 0 Å². The molecule has 0 spiro atoms. The summed E-state index contributed by atoms with van der Waals surface area (Å²) in [6, 6.07) is 27.8. The number of benzene rings is 4. The Balaban J connectivity index is 0.000000161. The second-order valence-corrected chi connectivity index (χ2v) is 6.56. The molecular weight excluding hydrogens is 348 g/mol. The van der Waals surface area contributed by atoms with Gasteiger partial charge in [0.05, 0.1) is 12.8 Å². The van der Waals surface area contributed by atoms with E-state index in [-0.39, 0.29) is 11.8 Å². The number of nitrogens with two attached hydrogens (primary N) is 2. The van der Waals surface area contributed by atoms with Crippen molar-refractivity contribution in [2.24, 2.45) is 11.5 Å². The Morgan fingerprint density at radius 1 is 0.536 bits per heavy atom. The van der Waals surface area contributed by atoms with Crippen molar-refractivity contribution < 1.29 is 9.59 Å². The van der Waals surface area contributed by atoms with Gasteiger partial charge in [0, 0.05) is 0 Å². The highest BCUT2D eigenvalue weighted by Crippen LogP contribution is 2.19. The third-order valence-electron chi connectivity index (χ3n) is 4.49. The first-order valence-electron chi connectivity index (χ1n) is 9.04. The number of carbonyl (C=O) groups excluding carboxylic acids is 2. The molecule has 0 unspecified atom stereocenters. The summed E-state index contributed by atoms with van der Waals surface area (Å²) in [7, 11) is 0. The van der Waals surface area contributed by atoms with Crippen LogP contribution in [-0.4, -0.2) is 11.8 Å². The molecule has 0 aromatic heterocycles. The minimum absolute atomic E-state index is 0.290. The third-order valence-corrected chi connectivity index (χ3v) is 4.49. The molecule has 4 rings (SSSR count). The number of rotatable bonds is 4. The first kappa shape index (κ1) is 19.1. The van der Waals surface area contributed by atoms with Gasteiger partial charge in [-0.1, -0.05) is 84.9 Å². The Labute approximate surface area is 163 Å². The van der Waals surface area contributed by atoms with Crippen LogP contribution in [0.25, 0.3) is 21.5 Å². The zero-order chi connectivity index (χ0) is 19.9. The first-order chi connectivity index (χ1) is 13.5. The molecule has 2 amide bonds.